The van der Waals surface area contributed by atoms with E-state index in [0.717, 1.165) is 48.8 Å². The molecule has 7 nitrogen and oxygen atoms in total. The Bertz CT molecular complexity index is 1240. The van der Waals surface area contributed by atoms with Crippen molar-refractivity contribution in [3.05, 3.63) is 52.0 Å². The summed E-state index contributed by atoms with van der Waals surface area (Å²) in [5.74, 6) is -1.12. The molecule has 1 aromatic heterocycles. The molecular formula is C25H29ClF3N7. The van der Waals surface area contributed by atoms with E-state index in [1.807, 2.05) is 25.1 Å². The summed E-state index contributed by atoms with van der Waals surface area (Å²) in [6.07, 6.45) is 2.41. The standard InChI is InChI=1S/C25H29ClF3N7/c1-15-19(27)10-30-23(31-15)34-7-5-16(6-8-34)22-33-32-21-12-35(24(2)13-25(28,29)14-24)11-17-9-18(26)3-4-20(17)36(21)22/h3-4,9-10,16,23,31H,5-8,11-14H2,1-2H3. The average Bonchev–Trinajstić information content (AvgIpc) is 3.15. The average molecular weight is 520 g/mol. The minimum atomic E-state index is -2.62. The third kappa shape index (κ3) is 4.13. The number of piperidine rings is 1. The number of fused-ring (bicyclic) bond motifs is 3. The fraction of sp³-hybridized carbons (Fsp3) is 0.560. The Labute approximate surface area is 213 Å². The first kappa shape index (κ1) is 23.9. The number of nitrogens with zero attached hydrogens (tertiary/aromatic N) is 6. The Hall–Kier alpha value is -2.43. The molecule has 2 fully saturated rings. The quantitative estimate of drug-likeness (QED) is 0.633. The van der Waals surface area contributed by atoms with Gasteiger partial charge in [0.2, 0.25) is 0 Å². The van der Waals surface area contributed by atoms with Crippen molar-refractivity contribution in [2.24, 2.45) is 4.99 Å². The number of aromatic nitrogens is 3. The molecule has 1 unspecified atom stereocenters. The number of alkyl halides is 2. The van der Waals surface area contributed by atoms with Gasteiger partial charge in [-0.05, 0) is 50.5 Å². The minimum absolute atomic E-state index is 0.161. The first-order valence-corrected chi connectivity index (χ1v) is 12.8. The second kappa shape index (κ2) is 8.56. The second-order valence-electron chi connectivity index (χ2n) is 10.7. The van der Waals surface area contributed by atoms with Crippen LogP contribution in [0.15, 0.2) is 34.7 Å². The minimum Gasteiger partial charge on any atom is -0.353 e. The first-order valence-electron chi connectivity index (χ1n) is 12.4. The summed E-state index contributed by atoms with van der Waals surface area (Å²) < 4.78 is 43.5. The third-order valence-corrected chi connectivity index (χ3v) is 8.28. The molecule has 3 aliphatic heterocycles. The van der Waals surface area contributed by atoms with Crippen LogP contribution in [0.2, 0.25) is 5.02 Å². The van der Waals surface area contributed by atoms with Crippen molar-refractivity contribution >= 4 is 17.8 Å². The Morgan fingerprint density at radius 1 is 1.11 bits per heavy atom. The van der Waals surface area contributed by atoms with Crippen molar-refractivity contribution < 1.29 is 13.2 Å². The fourth-order valence-corrected chi connectivity index (χ4v) is 6.27. The van der Waals surface area contributed by atoms with E-state index < -0.39 is 11.5 Å². The molecule has 0 spiro atoms. The van der Waals surface area contributed by atoms with E-state index in [-0.39, 0.29) is 30.9 Å². The molecular weight excluding hydrogens is 491 g/mol. The molecule has 1 saturated carbocycles. The van der Waals surface area contributed by atoms with E-state index in [0.29, 0.717) is 23.8 Å². The summed E-state index contributed by atoms with van der Waals surface area (Å²) in [5.41, 5.74) is 1.84. The third-order valence-electron chi connectivity index (χ3n) is 8.05. The van der Waals surface area contributed by atoms with Gasteiger partial charge in [0.25, 0.3) is 5.92 Å². The second-order valence-corrected chi connectivity index (χ2v) is 11.2. The van der Waals surface area contributed by atoms with Crippen LogP contribution in [0.1, 0.15) is 62.7 Å². The van der Waals surface area contributed by atoms with Gasteiger partial charge in [-0.1, -0.05) is 11.6 Å². The molecule has 6 rings (SSSR count). The zero-order valence-electron chi connectivity index (χ0n) is 20.3. The summed E-state index contributed by atoms with van der Waals surface area (Å²) in [6, 6.07) is 5.76. The van der Waals surface area contributed by atoms with E-state index in [1.54, 1.807) is 6.92 Å². The van der Waals surface area contributed by atoms with Gasteiger partial charge in [0.15, 0.2) is 17.9 Å². The van der Waals surface area contributed by atoms with Crippen LogP contribution < -0.4 is 5.32 Å². The zero-order chi connectivity index (χ0) is 25.2. The van der Waals surface area contributed by atoms with E-state index in [1.165, 1.54) is 6.21 Å². The van der Waals surface area contributed by atoms with Crippen LogP contribution in [-0.2, 0) is 13.1 Å². The highest BCUT2D eigenvalue weighted by Crippen LogP contribution is 2.50. The van der Waals surface area contributed by atoms with E-state index in [9.17, 15) is 13.2 Å². The van der Waals surface area contributed by atoms with Gasteiger partial charge in [-0.2, -0.15) is 0 Å². The van der Waals surface area contributed by atoms with Crippen LogP contribution in [0.3, 0.4) is 0 Å². The van der Waals surface area contributed by atoms with Gasteiger partial charge in [0, 0.05) is 54.7 Å². The number of rotatable bonds is 3. The molecule has 0 radical (unpaired) electrons. The Kier molecular flexibility index (Phi) is 5.69. The molecule has 0 amide bonds. The predicted molar refractivity (Wildman–Crippen MR) is 131 cm³/mol. The summed E-state index contributed by atoms with van der Waals surface area (Å²) in [4.78, 5) is 8.60. The molecule has 4 aliphatic rings. The maximum atomic E-state index is 13.9. The van der Waals surface area contributed by atoms with E-state index in [4.69, 9.17) is 11.6 Å². The van der Waals surface area contributed by atoms with E-state index >= 15 is 0 Å². The molecule has 0 bridgehead atoms. The van der Waals surface area contributed by atoms with Gasteiger partial charge in [0.1, 0.15) is 5.82 Å². The Morgan fingerprint density at radius 2 is 1.86 bits per heavy atom. The molecule has 11 heteroatoms. The number of hydrogen-bond donors (Lipinski definition) is 1. The molecule has 1 aliphatic carbocycles. The lowest BCUT2D eigenvalue weighted by Crippen LogP contribution is -2.59. The maximum Gasteiger partial charge on any atom is 0.251 e. The topological polar surface area (TPSA) is 61.6 Å². The smallest absolute Gasteiger partial charge is 0.251 e. The normalized spacial score (nSPS) is 26.1. The summed E-state index contributed by atoms with van der Waals surface area (Å²) in [5, 5.41) is 12.9. The lowest BCUT2D eigenvalue weighted by Gasteiger charge is -2.51. The van der Waals surface area contributed by atoms with Crippen molar-refractivity contribution in [1.29, 1.82) is 0 Å². The largest absolute Gasteiger partial charge is 0.353 e. The highest BCUT2D eigenvalue weighted by molar-refractivity contribution is 6.30. The van der Waals surface area contributed by atoms with Gasteiger partial charge >= 0.3 is 0 Å². The SMILES string of the molecule is CC1=C(F)C=NC(N2CCC(c3nnc4n3-c3ccc(Cl)cc3CN(C3(C)CC(F)(F)C3)C4)CC2)N1. The Morgan fingerprint density at radius 3 is 2.56 bits per heavy atom. The van der Waals surface area contributed by atoms with Gasteiger partial charge in [-0.25, -0.2) is 13.2 Å². The molecule has 1 aromatic carbocycles. The van der Waals surface area contributed by atoms with Crippen molar-refractivity contribution in [2.75, 3.05) is 13.1 Å². The van der Waals surface area contributed by atoms with Crippen LogP contribution in [0.25, 0.3) is 5.69 Å². The molecule has 1 atom stereocenters. The Balaban J connectivity index is 1.26. The van der Waals surface area contributed by atoms with Crippen LogP contribution in [0, 0.1) is 0 Å². The van der Waals surface area contributed by atoms with Gasteiger partial charge in [-0.3, -0.25) is 19.4 Å². The number of aliphatic imine (C=N–C) groups is 1. The number of likely N-dealkylation sites (tertiary alicyclic amines) is 1. The molecule has 1 N–H and O–H groups in total. The van der Waals surface area contributed by atoms with Crippen molar-refractivity contribution in [3.8, 4) is 5.69 Å². The number of halogens is 4. The highest BCUT2D eigenvalue weighted by atomic mass is 35.5. The lowest BCUT2D eigenvalue weighted by atomic mass is 9.73. The molecule has 192 valence electrons. The fourth-order valence-electron chi connectivity index (χ4n) is 6.08. The molecule has 4 heterocycles. The number of hydrogen-bond acceptors (Lipinski definition) is 6. The lowest BCUT2D eigenvalue weighted by molar-refractivity contribution is -0.173. The van der Waals surface area contributed by atoms with Gasteiger partial charge in [0.05, 0.1) is 18.4 Å². The van der Waals surface area contributed by atoms with Crippen LogP contribution in [0.5, 0.6) is 0 Å². The van der Waals surface area contributed by atoms with Crippen molar-refractivity contribution in [3.63, 3.8) is 0 Å². The molecule has 2 aromatic rings. The predicted octanol–water partition coefficient (Wildman–Crippen LogP) is 4.76. The molecule has 1 saturated heterocycles. The van der Waals surface area contributed by atoms with Crippen molar-refractivity contribution in [2.45, 2.75) is 76.3 Å². The van der Waals surface area contributed by atoms with Gasteiger partial charge in [-0.15, -0.1) is 10.2 Å². The van der Waals surface area contributed by atoms with Crippen molar-refractivity contribution in [1.82, 2.24) is 29.9 Å². The van der Waals surface area contributed by atoms with Gasteiger partial charge < -0.3 is 5.32 Å². The van der Waals surface area contributed by atoms with Crippen LogP contribution in [-0.4, -0.2) is 61.6 Å². The van der Waals surface area contributed by atoms with Crippen LogP contribution >= 0.6 is 11.6 Å². The monoisotopic (exact) mass is 519 g/mol. The molecule has 36 heavy (non-hydrogen) atoms. The summed E-state index contributed by atoms with van der Waals surface area (Å²) >= 11 is 6.36. The number of allylic oxidation sites excluding steroid dienone is 2. The van der Waals surface area contributed by atoms with E-state index in [2.05, 4.69) is 34.9 Å². The summed E-state index contributed by atoms with van der Waals surface area (Å²) in [6.45, 7) is 6.15. The zero-order valence-corrected chi connectivity index (χ0v) is 21.1. The number of benzene rings is 1. The number of nitrogens with one attached hydrogen (secondary N) is 1. The summed E-state index contributed by atoms with van der Waals surface area (Å²) in [7, 11) is 0. The highest BCUT2D eigenvalue weighted by Gasteiger charge is 2.57. The van der Waals surface area contributed by atoms with Crippen LogP contribution in [0.4, 0.5) is 13.2 Å². The first-order chi connectivity index (χ1) is 17.1. The maximum absolute atomic E-state index is 13.9.